The summed E-state index contributed by atoms with van der Waals surface area (Å²) in [6, 6.07) is 5.89. The van der Waals surface area contributed by atoms with Gasteiger partial charge < -0.3 is 10.2 Å². The Hall–Kier alpha value is -2.14. The van der Waals surface area contributed by atoms with Crippen LogP contribution in [0.4, 0.5) is 0 Å². The fourth-order valence-corrected chi connectivity index (χ4v) is 2.18. The zero-order valence-corrected chi connectivity index (χ0v) is 10.8. The van der Waals surface area contributed by atoms with Crippen molar-refractivity contribution in [2.24, 2.45) is 5.73 Å². The number of nitrogens with two attached hydrogens (primary N) is 1. The fraction of sp³-hybridized carbons (Fsp3) is 0.286. The third kappa shape index (κ3) is 2.37. The molecule has 0 bridgehead atoms. The standard InChI is InChI=1S/C14H16N4O/c1-10-16-11(4-5-13-3-2-6-19-13)7-14-17-12(8-15)9-18(10)14/h2-3,6-7,9H,4-5,8,15H2,1H3. The molecule has 0 saturated carbocycles. The normalized spacial score (nSPS) is 11.3. The first-order valence-corrected chi connectivity index (χ1v) is 6.33. The smallest absolute Gasteiger partial charge is 0.140 e. The molecule has 0 spiro atoms. The van der Waals surface area contributed by atoms with Gasteiger partial charge in [-0.15, -0.1) is 0 Å². The summed E-state index contributed by atoms with van der Waals surface area (Å²) < 4.78 is 7.30. The minimum atomic E-state index is 0.447. The number of nitrogens with zero attached hydrogens (tertiary/aromatic N) is 3. The summed E-state index contributed by atoms with van der Waals surface area (Å²) in [6.07, 6.45) is 5.32. The Morgan fingerprint density at radius 2 is 2.16 bits per heavy atom. The minimum absolute atomic E-state index is 0.447. The molecule has 3 aromatic rings. The highest BCUT2D eigenvalue weighted by atomic mass is 16.3. The van der Waals surface area contributed by atoms with Crippen molar-refractivity contribution in [1.29, 1.82) is 0 Å². The number of hydrogen-bond donors (Lipinski definition) is 1. The largest absolute Gasteiger partial charge is 0.469 e. The van der Waals surface area contributed by atoms with E-state index in [4.69, 9.17) is 10.2 Å². The molecule has 5 nitrogen and oxygen atoms in total. The van der Waals surface area contributed by atoms with E-state index in [2.05, 4.69) is 9.97 Å². The number of rotatable bonds is 4. The van der Waals surface area contributed by atoms with Crippen LogP contribution >= 0.6 is 0 Å². The van der Waals surface area contributed by atoms with Crippen LogP contribution in [-0.4, -0.2) is 14.4 Å². The number of imidazole rings is 1. The zero-order chi connectivity index (χ0) is 13.2. The van der Waals surface area contributed by atoms with Gasteiger partial charge in [0, 0.05) is 30.9 Å². The van der Waals surface area contributed by atoms with E-state index < -0.39 is 0 Å². The van der Waals surface area contributed by atoms with E-state index in [0.29, 0.717) is 6.54 Å². The molecule has 3 rings (SSSR count). The summed E-state index contributed by atoms with van der Waals surface area (Å²) in [5.74, 6) is 1.91. The van der Waals surface area contributed by atoms with Crippen molar-refractivity contribution in [3.05, 3.63) is 53.6 Å². The second-order valence-corrected chi connectivity index (χ2v) is 4.54. The summed E-state index contributed by atoms with van der Waals surface area (Å²) in [7, 11) is 0. The highest BCUT2D eigenvalue weighted by Crippen LogP contribution is 2.12. The van der Waals surface area contributed by atoms with Crippen molar-refractivity contribution in [2.75, 3.05) is 0 Å². The quantitative estimate of drug-likeness (QED) is 0.773. The van der Waals surface area contributed by atoms with Crippen molar-refractivity contribution in [1.82, 2.24) is 14.4 Å². The molecule has 3 aromatic heterocycles. The van der Waals surface area contributed by atoms with Crippen molar-refractivity contribution in [2.45, 2.75) is 26.3 Å². The molecule has 0 atom stereocenters. The molecule has 19 heavy (non-hydrogen) atoms. The van der Waals surface area contributed by atoms with E-state index >= 15 is 0 Å². The van der Waals surface area contributed by atoms with Gasteiger partial charge in [-0.1, -0.05) is 0 Å². The molecule has 0 aliphatic rings. The highest BCUT2D eigenvalue weighted by molar-refractivity contribution is 5.42. The first-order chi connectivity index (χ1) is 9.26. The highest BCUT2D eigenvalue weighted by Gasteiger charge is 2.07. The van der Waals surface area contributed by atoms with Crippen molar-refractivity contribution < 1.29 is 4.42 Å². The van der Waals surface area contributed by atoms with Gasteiger partial charge in [-0.05, 0) is 25.5 Å². The van der Waals surface area contributed by atoms with Gasteiger partial charge in [-0.2, -0.15) is 0 Å². The minimum Gasteiger partial charge on any atom is -0.469 e. The molecule has 5 heteroatoms. The molecule has 0 aromatic carbocycles. The van der Waals surface area contributed by atoms with Crippen LogP contribution in [0.2, 0.25) is 0 Å². The molecular formula is C14H16N4O. The zero-order valence-electron chi connectivity index (χ0n) is 10.8. The van der Waals surface area contributed by atoms with E-state index in [1.807, 2.05) is 35.7 Å². The molecule has 98 valence electrons. The van der Waals surface area contributed by atoms with Gasteiger partial charge in [-0.25, -0.2) is 9.97 Å². The van der Waals surface area contributed by atoms with Gasteiger partial charge in [0.2, 0.25) is 0 Å². The Balaban J connectivity index is 1.87. The Kier molecular flexibility index (Phi) is 3.05. The predicted octanol–water partition coefficient (Wildman–Crippen LogP) is 1.87. The van der Waals surface area contributed by atoms with Gasteiger partial charge in [0.25, 0.3) is 0 Å². The molecule has 0 amide bonds. The molecular weight excluding hydrogens is 240 g/mol. The third-order valence-corrected chi connectivity index (χ3v) is 3.15. The lowest BCUT2D eigenvalue weighted by Gasteiger charge is -2.03. The van der Waals surface area contributed by atoms with Crippen LogP contribution in [0, 0.1) is 6.92 Å². The predicted molar refractivity (Wildman–Crippen MR) is 71.7 cm³/mol. The van der Waals surface area contributed by atoms with Crippen LogP contribution in [-0.2, 0) is 19.4 Å². The summed E-state index contributed by atoms with van der Waals surface area (Å²) >= 11 is 0. The molecule has 0 unspecified atom stereocenters. The molecule has 2 N–H and O–H groups in total. The number of aromatic nitrogens is 3. The monoisotopic (exact) mass is 256 g/mol. The number of hydrogen-bond acceptors (Lipinski definition) is 4. The van der Waals surface area contributed by atoms with Crippen molar-refractivity contribution >= 4 is 5.65 Å². The molecule has 0 aliphatic heterocycles. The summed E-state index contributed by atoms with van der Waals surface area (Å²) in [5.41, 5.74) is 8.43. The Labute approximate surface area is 111 Å². The van der Waals surface area contributed by atoms with Gasteiger partial charge in [-0.3, -0.25) is 4.40 Å². The lowest BCUT2D eigenvalue weighted by Crippen LogP contribution is -2.01. The fourth-order valence-electron chi connectivity index (χ4n) is 2.18. The Morgan fingerprint density at radius 3 is 2.89 bits per heavy atom. The second-order valence-electron chi connectivity index (χ2n) is 4.54. The third-order valence-electron chi connectivity index (χ3n) is 3.15. The molecule has 0 radical (unpaired) electrons. The Bertz CT molecular complexity index is 685. The SMILES string of the molecule is Cc1nc(CCc2ccco2)cc2nc(CN)cn12. The molecule has 3 heterocycles. The molecule has 0 fully saturated rings. The van der Waals surface area contributed by atoms with E-state index in [1.54, 1.807) is 6.26 Å². The maximum absolute atomic E-state index is 5.62. The van der Waals surface area contributed by atoms with Crippen LogP contribution in [0.15, 0.2) is 35.1 Å². The summed E-state index contributed by atoms with van der Waals surface area (Å²) in [5, 5.41) is 0. The van der Waals surface area contributed by atoms with Crippen LogP contribution in [0.5, 0.6) is 0 Å². The van der Waals surface area contributed by atoms with Crippen LogP contribution in [0.3, 0.4) is 0 Å². The van der Waals surface area contributed by atoms with Crippen molar-refractivity contribution in [3.63, 3.8) is 0 Å². The van der Waals surface area contributed by atoms with E-state index in [9.17, 15) is 0 Å². The second kappa shape index (κ2) is 4.85. The van der Waals surface area contributed by atoms with Gasteiger partial charge in [0.1, 0.15) is 17.2 Å². The lowest BCUT2D eigenvalue weighted by atomic mass is 10.2. The van der Waals surface area contributed by atoms with E-state index in [0.717, 1.165) is 41.5 Å². The maximum atomic E-state index is 5.62. The first-order valence-electron chi connectivity index (χ1n) is 6.33. The van der Waals surface area contributed by atoms with E-state index in [1.165, 1.54) is 0 Å². The van der Waals surface area contributed by atoms with Gasteiger partial charge >= 0.3 is 0 Å². The average Bonchev–Trinajstić information content (AvgIpc) is 3.05. The maximum Gasteiger partial charge on any atom is 0.140 e. The number of furan rings is 1. The Morgan fingerprint density at radius 1 is 1.26 bits per heavy atom. The lowest BCUT2D eigenvalue weighted by molar-refractivity contribution is 0.507. The average molecular weight is 256 g/mol. The van der Waals surface area contributed by atoms with Gasteiger partial charge in [0.15, 0.2) is 0 Å². The van der Waals surface area contributed by atoms with Gasteiger partial charge in [0.05, 0.1) is 12.0 Å². The molecule has 0 saturated heterocycles. The topological polar surface area (TPSA) is 69.3 Å². The van der Waals surface area contributed by atoms with Crippen molar-refractivity contribution in [3.8, 4) is 0 Å². The number of aryl methyl sites for hydroxylation is 3. The van der Waals surface area contributed by atoms with Crippen LogP contribution < -0.4 is 5.73 Å². The van der Waals surface area contributed by atoms with Crippen LogP contribution in [0.1, 0.15) is 23.0 Å². The number of fused-ring (bicyclic) bond motifs is 1. The molecule has 0 aliphatic carbocycles. The van der Waals surface area contributed by atoms with Crippen LogP contribution in [0.25, 0.3) is 5.65 Å². The van der Waals surface area contributed by atoms with E-state index in [-0.39, 0.29) is 0 Å². The summed E-state index contributed by atoms with van der Waals surface area (Å²) in [6.45, 7) is 2.42. The first kappa shape index (κ1) is 11.9. The summed E-state index contributed by atoms with van der Waals surface area (Å²) in [4.78, 5) is 9.06.